The summed E-state index contributed by atoms with van der Waals surface area (Å²) in [6, 6.07) is 9.80. The van der Waals surface area contributed by atoms with E-state index in [1.165, 1.54) is 7.11 Å². The summed E-state index contributed by atoms with van der Waals surface area (Å²) in [7, 11) is 1.43. The number of hydrogen-bond donors (Lipinski definition) is 2. The highest BCUT2D eigenvalue weighted by Crippen LogP contribution is 2.35. The molecule has 0 radical (unpaired) electrons. The Morgan fingerprint density at radius 3 is 2.29 bits per heavy atom. The number of rotatable bonds is 11. The van der Waals surface area contributed by atoms with Crippen LogP contribution in [-0.2, 0) is 25.2 Å². The zero-order valence-corrected chi connectivity index (χ0v) is 19.5. The molecule has 8 nitrogen and oxygen atoms in total. The molecule has 0 fully saturated rings. The minimum absolute atomic E-state index is 0.00934. The second kappa shape index (κ2) is 12.7. The van der Waals surface area contributed by atoms with E-state index in [4.69, 9.17) is 14.2 Å². The molecule has 35 heavy (non-hydrogen) atoms. The third-order valence-corrected chi connectivity index (χ3v) is 4.71. The van der Waals surface area contributed by atoms with Crippen LogP contribution in [0.1, 0.15) is 29.8 Å². The molecule has 2 aromatic carbocycles. The first-order valence-electron chi connectivity index (χ1n) is 10.7. The summed E-state index contributed by atoms with van der Waals surface area (Å²) >= 11 is 0. The summed E-state index contributed by atoms with van der Waals surface area (Å²) in [5, 5.41) is 4.84. The molecule has 2 rings (SSSR count). The number of methoxy groups -OCH3 is 1. The van der Waals surface area contributed by atoms with Crippen LogP contribution in [0, 0.1) is 5.92 Å². The number of benzene rings is 2. The Hall–Kier alpha value is -3.60. The maximum Gasteiger partial charge on any atom is 0.416 e. The largest absolute Gasteiger partial charge is 0.489 e. The number of amides is 2. The fourth-order valence-corrected chi connectivity index (χ4v) is 2.89. The van der Waals surface area contributed by atoms with E-state index < -0.39 is 42.2 Å². The molecule has 0 aromatic heterocycles. The number of alkyl halides is 3. The highest BCUT2D eigenvalue weighted by atomic mass is 19.4. The molecule has 0 spiro atoms. The molecule has 0 aliphatic carbocycles. The van der Waals surface area contributed by atoms with Gasteiger partial charge in [0.15, 0.2) is 6.61 Å². The van der Waals surface area contributed by atoms with Crippen LogP contribution in [0.3, 0.4) is 0 Å². The van der Waals surface area contributed by atoms with Crippen LogP contribution in [0.5, 0.6) is 5.75 Å². The standard InChI is InChI=1S/C24H27F3N2O6/c1-15(2)21(29-22(31)16-7-5-4-6-8-16)23(32)35-14-20(30)28-18-13-17(24(25,26)27)9-10-19(18)34-12-11-33-3/h4-10,13,15,21H,11-12,14H2,1-3H3,(H,28,30)(H,29,31). The van der Waals surface area contributed by atoms with Gasteiger partial charge in [-0.1, -0.05) is 32.0 Å². The lowest BCUT2D eigenvalue weighted by Crippen LogP contribution is -2.45. The number of hydrogen-bond acceptors (Lipinski definition) is 6. The van der Waals surface area contributed by atoms with E-state index in [9.17, 15) is 27.6 Å². The molecule has 0 bridgehead atoms. The first-order chi connectivity index (χ1) is 16.5. The summed E-state index contributed by atoms with van der Waals surface area (Å²) in [6.07, 6.45) is -4.64. The molecule has 0 aliphatic rings. The van der Waals surface area contributed by atoms with Gasteiger partial charge in [-0.2, -0.15) is 13.2 Å². The third kappa shape index (κ3) is 8.60. The van der Waals surface area contributed by atoms with Gasteiger partial charge in [-0.05, 0) is 36.2 Å². The second-order valence-corrected chi connectivity index (χ2v) is 7.77. The van der Waals surface area contributed by atoms with Crippen molar-refractivity contribution in [2.45, 2.75) is 26.1 Å². The van der Waals surface area contributed by atoms with Gasteiger partial charge in [0.05, 0.1) is 17.9 Å². The fraction of sp³-hybridized carbons (Fsp3) is 0.375. The zero-order valence-electron chi connectivity index (χ0n) is 19.5. The molecular weight excluding hydrogens is 469 g/mol. The molecule has 11 heteroatoms. The molecule has 1 atom stereocenters. The quantitative estimate of drug-likeness (QED) is 0.364. The highest BCUT2D eigenvalue weighted by molar-refractivity contribution is 5.98. The third-order valence-electron chi connectivity index (χ3n) is 4.71. The van der Waals surface area contributed by atoms with Crippen molar-refractivity contribution in [2.24, 2.45) is 5.92 Å². The maximum absolute atomic E-state index is 13.1. The monoisotopic (exact) mass is 496 g/mol. The first kappa shape index (κ1) is 27.6. The molecule has 0 saturated carbocycles. The van der Waals surface area contributed by atoms with Crippen molar-refractivity contribution in [2.75, 3.05) is 32.2 Å². The van der Waals surface area contributed by atoms with E-state index >= 15 is 0 Å². The summed E-state index contributed by atoms with van der Waals surface area (Å²) in [4.78, 5) is 37.3. The van der Waals surface area contributed by atoms with E-state index in [1.54, 1.807) is 44.2 Å². The van der Waals surface area contributed by atoms with E-state index in [2.05, 4.69) is 10.6 Å². The van der Waals surface area contributed by atoms with Crippen molar-refractivity contribution in [3.05, 3.63) is 59.7 Å². The Morgan fingerprint density at radius 1 is 1.00 bits per heavy atom. The smallest absolute Gasteiger partial charge is 0.416 e. The van der Waals surface area contributed by atoms with Gasteiger partial charge in [0.2, 0.25) is 0 Å². The molecule has 1 unspecified atom stereocenters. The summed E-state index contributed by atoms with van der Waals surface area (Å²) in [5.41, 5.74) is -0.892. The zero-order chi connectivity index (χ0) is 26.0. The van der Waals surface area contributed by atoms with Crippen LogP contribution in [0.4, 0.5) is 18.9 Å². The normalized spacial score (nSPS) is 12.1. The Kier molecular flexibility index (Phi) is 10.1. The summed E-state index contributed by atoms with van der Waals surface area (Å²) < 4.78 is 54.6. The van der Waals surface area contributed by atoms with Gasteiger partial charge in [0.1, 0.15) is 18.4 Å². The predicted molar refractivity (Wildman–Crippen MR) is 121 cm³/mol. The van der Waals surface area contributed by atoms with E-state index in [-0.39, 0.29) is 30.6 Å². The number of anilines is 1. The average Bonchev–Trinajstić information content (AvgIpc) is 2.81. The van der Waals surface area contributed by atoms with Crippen LogP contribution in [0.2, 0.25) is 0 Å². The summed E-state index contributed by atoms with van der Waals surface area (Å²) in [6.45, 7) is 2.80. The number of nitrogens with one attached hydrogen (secondary N) is 2. The van der Waals surface area contributed by atoms with Gasteiger partial charge in [-0.15, -0.1) is 0 Å². The fourth-order valence-electron chi connectivity index (χ4n) is 2.89. The number of carbonyl (C=O) groups excluding carboxylic acids is 3. The molecular formula is C24H27F3N2O6. The molecule has 2 N–H and O–H groups in total. The van der Waals surface area contributed by atoms with Crippen molar-refractivity contribution in [3.63, 3.8) is 0 Å². The average molecular weight is 496 g/mol. The SMILES string of the molecule is COCCOc1ccc(C(F)(F)F)cc1NC(=O)COC(=O)C(NC(=O)c1ccccc1)C(C)C. The molecule has 0 saturated heterocycles. The van der Waals surface area contributed by atoms with Crippen LogP contribution in [0.25, 0.3) is 0 Å². The lowest BCUT2D eigenvalue weighted by molar-refractivity contribution is -0.150. The Balaban J connectivity index is 2.05. The van der Waals surface area contributed by atoms with Crippen molar-refractivity contribution in [1.82, 2.24) is 5.32 Å². The number of carbonyl (C=O) groups is 3. The number of esters is 1. The maximum atomic E-state index is 13.1. The Bertz CT molecular complexity index is 1010. The predicted octanol–water partition coefficient (Wildman–Crippen LogP) is 3.67. The molecule has 2 aromatic rings. The molecule has 2 amide bonds. The van der Waals surface area contributed by atoms with Gasteiger partial charge >= 0.3 is 12.1 Å². The van der Waals surface area contributed by atoms with Crippen molar-refractivity contribution < 1.29 is 41.8 Å². The van der Waals surface area contributed by atoms with Crippen LogP contribution < -0.4 is 15.4 Å². The molecule has 0 heterocycles. The van der Waals surface area contributed by atoms with Gasteiger partial charge in [-0.25, -0.2) is 4.79 Å². The van der Waals surface area contributed by atoms with Crippen LogP contribution in [-0.4, -0.2) is 50.8 Å². The van der Waals surface area contributed by atoms with Gasteiger partial charge in [0.25, 0.3) is 11.8 Å². The number of halogens is 3. The van der Waals surface area contributed by atoms with Crippen molar-refractivity contribution in [1.29, 1.82) is 0 Å². The summed E-state index contributed by atoms with van der Waals surface area (Å²) in [5.74, 6) is -2.61. The lowest BCUT2D eigenvalue weighted by atomic mass is 10.0. The second-order valence-electron chi connectivity index (χ2n) is 7.77. The Morgan fingerprint density at radius 2 is 1.69 bits per heavy atom. The lowest BCUT2D eigenvalue weighted by Gasteiger charge is -2.21. The first-order valence-corrected chi connectivity index (χ1v) is 10.7. The van der Waals surface area contributed by atoms with E-state index in [0.29, 0.717) is 5.56 Å². The van der Waals surface area contributed by atoms with Gasteiger partial charge in [0, 0.05) is 12.7 Å². The van der Waals surface area contributed by atoms with E-state index in [0.717, 1.165) is 18.2 Å². The highest BCUT2D eigenvalue weighted by Gasteiger charge is 2.32. The van der Waals surface area contributed by atoms with Crippen molar-refractivity contribution in [3.8, 4) is 5.75 Å². The van der Waals surface area contributed by atoms with Crippen LogP contribution >= 0.6 is 0 Å². The van der Waals surface area contributed by atoms with Gasteiger partial charge < -0.3 is 24.8 Å². The minimum Gasteiger partial charge on any atom is -0.489 e. The minimum atomic E-state index is -4.64. The van der Waals surface area contributed by atoms with Crippen LogP contribution in [0.15, 0.2) is 48.5 Å². The number of ether oxygens (including phenoxy) is 3. The van der Waals surface area contributed by atoms with E-state index in [1.807, 2.05) is 0 Å². The Labute approximate surface area is 200 Å². The van der Waals surface area contributed by atoms with Crippen molar-refractivity contribution >= 4 is 23.5 Å². The topological polar surface area (TPSA) is 103 Å². The molecule has 0 aliphatic heterocycles. The van der Waals surface area contributed by atoms with Gasteiger partial charge in [-0.3, -0.25) is 9.59 Å². The molecule has 190 valence electrons.